The molecule has 1 amide bonds. The topological polar surface area (TPSA) is 75.7 Å². The summed E-state index contributed by atoms with van der Waals surface area (Å²) in [5.74, 6) is -0.362. The van der Waals surface area contributed by atoms with E-state index >= 15 is 0 Å². The first kappa shape index (κ1) is 22.6. The Kier molecular flexibility index (Phi) is 7.06. The molecular weight excluding hydrogens is 424 g/mol. The van der Waals surface area contributed by atoms with Crippen molar-refractivity contribution >= 4 is 33.2 Å². The van der Waals surface area contributed by atoms with E-state index in [0.29, 0.717) is 30.5 Å². The maximum Gasteiger partial charge on any atom is 0.240 e. The molecule has 1 aliphatic rings. The van der Waals surface area contributed by atoms with Crippen LogP contribution in [0, 0.1) is 6.92 Å². The van der Waals surface area contributed by atoms with Crippen LogP contribution in [0.4, 0.5) is 5.69 Å². The SMILES string of the molecule is Cc1ccc(N(CC(=O)NCC2(c3ccccc3)CCOCC2)S(C)(=O)=O)cc1Cl. The van der Waals surface area contributed by atoms with Crippen LogP contribution in [0.25, 0.3) is 0 Å². The Morgan fingerprint density at radius 1 is 1.17 bits per heavy atom. The van der Waals surface area contributed by atoms with Crippen LogP contribution >= 0.6 is 11.6 Å². The predicted molar refractivity (Wildman–Crippen MR) is 120 cm³/mol. The fourth-order valence-electron chi connectivity index (χ4n) is 3.71. The number of halogens is 1. The molecule has 1 aliphatic heterocycles. The highest BCUT2D eigenvalue weighted by Crippen LogP contribution is 2.34. The van der Waals surface area contributed by atoms with Gasteiger partial charge in [0, 0.05) is 30.2 Å². The van der Waals surface area contributed by atoms with E-state index in [2.05, 4.69) is 17.4 Å². The third-order valence-electron chi connectivity index (χ3n) is 5.59. The van der Waals surface area contributed by atoms with Crippen molar-refractivity contribution in [2.24, 2.45) is 0 Å². The van der Waals surface area contributed by atoms with Crippen molar-refractivity contribution in [2.45, 2.75) is 25.2 Å². The molecule has 2 aromatic carbocycles. The molecule has 0 saturated carbocycles. The van der Waals surface area contributed by atoms with Gasteiger partial charge in [0.15, 0.2) is 0 Å². The Bertz CT molecular complexity index is 989. The van der Waals surface area contributed by atoms with Crippen LogP contribution in [-0.4, -0.2) is 46.9 Å². The zero-order valence-electron chi connectivity index (χ0n) is 17.2. The molecule has 0 aliphatic carbocycles. The number of amides is 1. The molecule has 1 heterocycles. The van der Waals surface area contributed by atoms with Gasteiger partial charge in [-0.3, -0.25) is 9.10 Å². The molecule has 0 radical (unpaired) electrons. The summed E-state index contributed by atoms with van der Waals surface area (Å²) in [5.41, 5.74) is 2.13. The number of ether oxygens (including phenoxy) is 1. The summed E-state index contributed by atoms with van der Waals surface area (Å²) in [6.07, 6.45) is 2.67. The predicted octanol–water partition coefficient (Wildman–Crippen LogP) is 3.28. The largest absolute Gasteiger partial charge is 0.381 e. The van der Waals surface area contributed by atoms with Gasteiger partial charge in [-0.05, 0) is 43.0 Å². The minimum absolute atomic E-state index is 0.224. The third kappa shape index (κ3) is 5.33. The first-order valence-corrected chi connectivity index (χ1v) is 12.1. The smallest absolute Gasteiger partial charge is 0.240 e. The van der Waals surface area contributed by atoms with Crippen molar-refractivity contribution in [3.63, 3.8) is 0 Å². The monoisotopic (exact) mass is 450 g/mol. The normalized spacial score (nSPS) is 16.1. The van der Waals surface area contributed by atoms with E-state index in [4.69, 9.17) is 16.3 Å². The Morgan fingerprint density at radius 2 is 1.83 bits per heavy atom. The molecular formula is C22H27ClN2O4S. The Morgan fingerprint density at radius 3 is 2.43 bits per heavy atom. The summed E-state index contributed by atoms with van der Waals surface area (Å²) < 4.78 is 31.3. The van der Waals surface area contributed by atoms with Crippen LogP contribution < -0.4 is 9.62 Å². The second-order valence-electron chi connectivity index (χ2n) is 7.74. The zero-order valence-corrected chi connectivity index (χ0v) is 18.8. The van der Waals surface area contributed by atoms with Crippen LogP contribution in [0.2, 0.25) is 5.02 Å². The van der Waals surface area contributed by atoms with Crippen molar-refractivity contribution in [2.75, 3.05) is 36.9 Å². The fourth-order valence-corrected chi connectivity index (χ4v) is 4.74. The number of aryl methyl sites for hydroxylation is 1. The molecule has 0 unspecified atom stereocenters. The minimum Gasteiger partial charge on any atom is -0.381 e. The second kappa shape index (κ2) is 9.37. The molecule has 3 rings (SSSR count). The van der Waals surface area contributed by atoms with Crippen molar-refractivity contribution in [3.8, 4) is 0 Å². The van der Waals surface area contributed by atoms with E-state index in [-0.39, 0.29) is 17.9 Å². The number of sulfonamides is 1. The van der Waals surface area contributed by atoms with Crippen molar-refractivity contribution in [3.05, 3.63) is 64.7 Å². The van der Waals surface area contributed by atoms with Gasteiger partial charge in [-0.15, -0.1) is 0 Å². The second-order valence-corrected chi connectivity index (χ2v) is 10.1. The number of anilines is 1. The summed E-state index contributed by atoms with van der Waals surface area (Å²) in [5, 5.41) is 3.41. The molecule has 8 heteroatoms. The van der Waals surface area contributed by atoms with Crippen molar-refractivity contribution in [1.29, 1.82) is 0 Å². The average molecular weight is 451 g/mol. The summed E-state index contributed by atoms with van der Waals surface area (Å²) in [7, 11) is -3.66. The number of hydrogen-bond donors (Lipinski definition) is 1. The average Bonchev–Trinajstić information content (AvgIpc) is 2.73. The molecule has 0 aromatic heterocycles. The van der Waals surface area contributed by atoms with Crippen molar-refractivity contribution < 1.29 is 17.9 Å². The quantitative estimate of drug-likeness (QED) is 0.702. The lowest BCUT2D eigenvalue weighted by molar-refractivity contribution is -0.120. The molecule has 1 saturated heterocycles. The van der Waals surface area contributed by atoms with Crippen molar-refractivity contribution in [1.82, 2.24) is 5.32 Å². The number of rotatable bonds is 7. The molecule has 0 spiro atoms. The number of carbonyl (C=O) groups is 1. The van der Waals surface area contributed by atoms with E-state index in [1.165, 1.54) is 0 Å². The number of carbonyl (C=O) groups excluding carboxylic acids is 1. The van der Waals surface area contributed by atoms with E-state index in [9.17, 15) is 13.2 Å². The van der Waals surface area contributed by atoms with Crippen LogP contribution in [0.1, 0.15) is 24.0 Å². The number of benzene rings is 2. The van der Waals surface area contributed by atoms with Crippen LogP contribution in [0.15, 0.2) is 48.5 Å². The Balaban J connectivity index is 1.75. The molecule has 0 bridgehead atoms. The molecule has 6 nitrogen and oxygen atoms in total. The maximum absolute atomic E-state index is 12.8. The highest BCUT2D eigenvalue weighted by molar-refractivity contribution is 7.92. The highest BCUT2D eigenvalue weighted by atomic mass is 35.5. The standard InChI is InChI=1S/C22H27ClN2O4S/c1-17-8-9-19(14-20(17)23)25(30(2,27)28)15-21(26)24-16-22(10-12-29-13-11-22)18-6-4-3-5-7-18/h3-9,14H,10-13,15-16H2,1-2H3,(H,24,26). The van der Waals surface area contributed by atoms with Gasteiger partial charge < -0.3 is 10.1 Å². The van der Waals surface area contributed by atoms with E-state index in [1.807, 2.05) is 25.1 Å². The Hall–Kier alpha value is -2.09. The van der Waals surface area contributed by atoms with E-state index in [1.54, 1.807) is 18.2 Å². The Labute approximate surface area is 183 Å². The first-order chi connectivity index (χ1) is 14.2. The molecule has 1 N–H and O–H groups in total. The van der Waals surface area contributed by atoms with Gasteiger partial charge in [0.25, 0.3) is 0 Å². The minimum atomic E-state index is -3.66. The van der Waals surface area contributed by atoms with Gasteiger partial charge in [-0.25, -0.2) is 8.42 Å². The molecule has 2 aromatic rings. The van der Waals surface area contributed by atoms with Gasteiger partial charge in [0.1, 0.15) is 6.54 Å². The van der Waals surface area contributed by atoms with Gasteiger partial charge in [-0.1, -0.05) is 48.0 Å². The molecule has 0 atom stereocenters. The van der Waals surface area contributed by atoms with Gasteiger partial charge in [0.2, 0.25) is 15.9 Å². The lowest BCUT2D eigenvalue weighted by Crippen LogP contribution is -2.47. The van der Waals surface area contributed by atoms with Crippen LogP contribution in [0.3, 0.4) is 0 Å². The summed E-state index contributed by atoms with van der Waals surface area (Å²) in [6, 6.07) is 15.0. The number of hydrogen-bond acceptors (Lipinski definition) is 4. The number of nitrogens with zero attached hydrogens (tertiary/aromatic N) is 1. The molecule has 162 valence electrons. The van der Waals surface area contributed by atoms with Gasteiger partial charge in [0.05, 0.1) is 11.9 Å². The van der Waals surface area contributed by atoms with E-state index < -0.39 is 10.0 Å². The fraction of sp³-hybridized carbons (Fsp3) is 0.409. The summed E-state index contributed by atoms with van der Waals surface area (Å²) in [6.45, 7) is 3.20. The number of nitrogens with one attached hydrogen (secondary N) is 1. The maximum atomic E-state index is 12.8. The zero-order chi connectivity index (χ0) is 21.8. The van der Waals surface area contributed by atoms with Crippen LogP contribution in [-0.2, 0) is 25.0 Å². The lowest BCUT2D eigenvalue weighted by Gasteiger charge is -2.38. The molecule has 30 heavy (non-hydrogen) atoms. The third-order valence-corrected chi connectivity index (χ3v) is 7.14. The van der Waals surface area contributed by atoms with Crippen LogP contribution in [0.5, 0.6) is 0 Å². The molecule has 1 fully saturated rings. The van der Waals surface area contributed by atoms with Gasteiger partial charge in [-0.2, -0.15) is 0 Å². The summed E-state index contributed by atoms with van der Waals surface area (Å²) in [4.78, 5) is 12.8. The van der Waals surface area contributed by atoms with E-state index in [0.717, 1.165) is 34.5 Å². The summed E-state index contributed by atoms with van der Waals surface area (Å²) >= 11 is 6.16. The van der Waals surface area contributed by atoms with Gasteiger partial charge >= 0.3 is 0 Å². The highest BCUT2D eigenvalue weighted by Gasteiger charge is 2.35. The first-order valence-electron chi connectivity index (χ1n) is 9.85. The lowest BCUT2D eigenvalue weighted by atomic mass is 9.74.